The summed E-state index contributed by atoms with van der Waals surface area (Å²) in [4.78, 5) is 34.4. The lowest BCUT2D eigenvalue weighted by molar-refractivity contribution is 0.0633. The minimum Gasteiger partial charge on any atom is -0.385 e. The first-order chi connectivity index (χ1) is 17.1. The Morgan fingerprint density at radius 1 is 1.03 bits per heavy atom. The van der Waals surface area contributed by atoms with E-state index in [1.54, 1.807) is 23.8 Å². The van der Waals surface area contributed by atoms with Gasteiger partial charge in [0.2, 0.25) is 0 Å². The number of halogens is 1. The zero-order chi connectivity index (χ0) is 24.8. The van der Waals surface area contributed by atoms with Crippen LogP contribution < -0.4 is 5.56 Å². The van der Waals surface area contributed by atoms with Gasteiger partial charge in [0.1, 0.15) is 5.82 Å². The van der Waals surface area contributed by atoms with Crippen LogP contribution in [0.5, 0.6) is 0 Å². The van der Waals surface area contributed by atoms with E-state index in [1.807, 2.05) is 78.6 Å². The Kier molecular flexibility index (Phi) is 8.10. The number of hydrogen-bond acceptors (Lipinski definition) is 4. The highest BCUT2D eigenvalue weighted by Gasteiger charge is 2.30. The Bertz CT molecular complexity index is 1370. The highest BCUT2D eigenvalue weighted by atomic mass is 79.9. The zero-order valence-electron chi connectivity index (χ0n) is 19.9. The van der Waals surface area contributed by atoms with E-state index in [2.05, 4.69) is 15.9 Å². The molecule has 6 nitrogen and oxygen atoms in total. The van der Waals surface area contributed by atoms with Crippen LogP contribution >= 0.6 is 15.9 Å². The van der Waals surface area contributed by atoms with Crippen molar-refractivity contribution in [2.24, 2.45) is 0 Å². The molecule has 180 valence electrons. The van der Waals surface area contributed by atoms with E-state index in [-0.39, 0.29) is 11.5 Å². The normalized spacial score (nSPS) is 12.0. The number of para-hydroxylation sites is 2. The summed E-state index contributed by atoms with van der Waals surface area (Å²) in [7, 11) is 1.65. The summed E-state index contributed by atoms with van der Waals surface area (Å²) < 4.78 is 7.64. The average molecular weight is 534 g/mol. The van der Waals surface area contributed by atoms with Gasteiger partial charge >= 0.3 is 0 Å². The maximum Gasteiger partial charge on any atom is 0.266 e. The van der Waals surface area contributed by atoms with Crippen LogP contribution in [0.25, 0.3) is 16.6 Å². The molecule has 3 aromatic carbocycles. The number of rotatable bonds is 9. The number of fused-ring (bicyclic) bond motifs is 1. The molecule has 0 N–H and O–H groups in total. The van der Waals surface area contributed by atoms with E-state index in [4.69, 9.17) is 9.72 Å². The first-order valence-electron chi connectivity index (χ1n) is 11.7. The summed E-state index contributed by atoms with van der Waals surface area (Å²) in [5, 5.41) is 0.540. The summed E-state index contributed by atoms with van der Waals surface area (Å²) in [6.07, 6.45) is 1.24. The van der Waals surface area contributed by atoms with Crippen molar-refractivity contribution < 1.29 is 9.53 Å². The molecule has 1 amide bonds. The quantitative estimate of drug-likeness (QED) is 0.256. The predicted molar refractivity (Wildman–Crippen MR) is 142 cm³/mol. The van der Waals surface area contributed by atoms with Crippen molar-refractivity contribution in [1.82, 2.24) is 14.5 Å². The van der Waals surface area contributed by atoms with Gasteiger partial charge in [0, 0.05) is 24.7 Å². The summed E-state index contributed by atoms with van der Waals surface area (Å²) in [6, 6.07) is 23.8. The Balaban J connectivity index is 1.92. The summed E-state index contributed by atoms with van der Waals surface area (Å²) in [6.45, 7) is 2.99. The minimum atomic E-state index is -0.427. The van der Waals surface area contributed by atoms with Crippen LogP contribution in [0, 0.1) is 0 Å². The third kappa shape index (κ3) is 5.21. The second-order valence-corrected chi connectivity index (χ2v) is 9.07. The number of amides is 1. The maximum atomic E-state index is 13.9. The zero-order valence-corrected chi connectivity index (χ0v) is 21.4. The summed E-state index contributed by atoms with van der Waals surface area (Å²) in [5.74, 6) is 0.419. The highest BCUT2D eigenvalue weighted by Crippen LogP contribution is 2.29. The Labute approximate surface area is 213 Å². The maximum absolute atomic E-state index is 13.9. The minimum absolute atomic E-state index is 0.123. The third-order valence-corrected chi connectivity index (χ3v) is 6.68. The molecule has 0 radical (unpaired) electrons. The van der Waals surface area contributed by atoms with Gasteiger partial charge in [-0.25, -0.2) is 4.98 Å². The number of methoxy groups -OCH3 is 1. The molecule has 0 aliphatic heterocycles. The lowest BCUT2D eigenvalue weighted by Crippen LogP contribution is -2.39. The van der Waals surface area contributed by atoms with Crippen molar-refractivity contribution in [3.8, 4) is 5.69 Å². The molecule has 35 heavy (non-hydrogen) atoms. The van der Waals surface area contributed by atoms with Crippen molar-refractivity contribution in [3.63, 3.8) is 0 Å². The molecule has 0 spiro atoms. The first kappa shape index (κ1) is 24.8. The topological polar surface area (TPSA) is 64.4 Å². The van der Waals surface area contributed by atoms with E-state index in [9.17, 15) is 9.59 Å². The average Bonchev–Trinajstić information content (AvgIpc) is 2.89. The van der Waals surface area contributed by atoms with Crippen LogP contribution in [0.3, 0.4) is 0 Å². The molecule has 7 heteroatoms. The van der Waals surface area contributed by atoms with Crippen molar-refractivity contribution >= 4 is 32.7 Å². The fourth-order valence-electron chi connectivity index (χ4n) is 4.31. The number of nitrogens with zero attached hydrogens (tertiary/aromatic N) is 3. The van der Waals surface area contributed by atoms with Crippen LogP contribution in [-0.4, -0.2) is 40.6 Å². The lowest BCUT2D eigenvalue weighted by atomic mass is 10.1. The molecule has 0 fully saturated rings. The third-order valence-electron chi connectivity index (χ3n) is 5.99. The molecule has 4 rings (SSSR count). The molecule has 1 heterocycles. The molecular weight excluding hydrogens is 506 g/mol. The molecule has 0 aliphatic carbocycles. The summed E-state index contributed by atoms with van der Waals surface area (Å²) in [5.41, 5.74) is 1.75. The van der Waals surface area contributed by atoms with Crippen molar-refractivity contribution in [2.75, 3.05) is 20.3 Å². The Morgan fingerprint density at radius 2 is 1.71 bits per heavy atom. The monoisotopic (exact) mass is 533 g/mol. The van der Waals surface area contributed by atoms with Gasteiger partial charge < -0.3 is 9.64 Å². The molecule has 1 atom stereocenters. The highest BCUT2D eigenvalue weighted by molar-refractivity contribution is 9.10. The van der Waals surface area contributed by atoms with Gasteiger partial charge in [0.25, 0.3) is 11.5 Å². The van der Waals surface area contributed by atoms with Crippen LogP contribution in [-0.2, 0) is 4.74 Å². The van der Waals surface area contributed by atoms with E-state index >= 15 is 0 Å². The molecule has 0 bridgehead atoms. The number of ether oxygens (including phenoxy) is 1. The van der Waals surface area contributed by atoms with Crippen LogP contribution in [0.4, 0.5) is 0 Å². The molecule has 0 saturated heterocycles. The number of aromatic nitrogens is 2. The van der Waals surface area contributed by atoms with Crippen LogP contribution in [0.1, 0.15) is 42.0 Å². The van der Waals surface area contributed by atoms with Gasteiger partial charge in [-0.1, -0.05) is 49.4 Å². The fraction of sp³-hybridized carbons (Fsp3) is 0.250. The molecular formula is C28H28BrN3O3. The van der Waals surface area contributed by atoms with Gasteiger partial charge in [-0.2, -0.15) is 0 Å². The Morgan fingerprint density at radius 3 is 2.43 bits per heavy atom. The van der Waals surface area contributed by atoms with Crippen LogP contribution in [0.15, 0.2) is 88.1 Å². The second-order valence-electron chi connectivity index (χ2n) is 8.21. The van der Waals surface area contributed by atoms with Gasteiger partial charge in [-0.3, -0.25) is 14.2 Å². The number of carbonyl (C=O) groups is 1. The van der Waals surface area contributed by atoms with Crippen molar-refractivity contribution in [3.05, 3.63) is 105 Å². The largest absolute Gasteiger partial charge is 0.385 e. The molecule has 0 saturated carbocycles. The van der Waals surface area contributed by atoms with Crippen molar-refractivity contribution in [1.29, 1.82) is 0 Å². The van der Waals surface area contributed by atoms with Crippen LogP contribution in [0.2, 0.25) is 0 Å². The molecule has 1 unspecified atom stereocenters. The van der Waals surface area contributed by atoms with Gasteiger partial charge in [-0.05, 0) is 65.2 Å². The lowest BCUT2D eigenvalue weighted by Gasteiger charge is -2.32. The molecule has 1 aromatic heterocycles. The fourth-order valence-corrected chi connectivity index (χ4v) is 4.76. The smallest absolute Gasteiger partial charge is 0.266 e. The molecule has 0 aliphatic rings. The van der Waals surface area contributed by atoms with Crippen molar-refractivity contribution in [2.45, 2.75) is 25.8 Å². The van der Waals surface area contributed by atoms with Gasteiger partial charge in [-0.15, -0.1) is 0 Å². The van der Waals surface area contributed by atoms with E-state index < -0.39 is 6.04 Å². The van der Waals surface area contributed by atoms with E-state index in [1.165, 1.54) is 0 Å². The van der Waals surface area contributed by atoms with Gasteiger partial charge in [0.05, 0.1) is 28.2 Å². The van der Waals surface area contributed by atoms with E-state index in [0.717, 1.165) is 10.2 Å². The molecule has 4 aromatic rings. The standard InChI is InChI=1S/C28H28BrN3O3/c1-3-25(31(18-11-19-35-2)27(33)21-14-7-9-16-23(21)29)26-30-24-17-10-8-15-22(24)28(34)32(26)20-12-5-4-6-13-20/h4-10,12-17,25H,3,11,18-19H2,1-2H3. The van der Waals surface area contributed by atoms with E-state index in [0.29, 0.717) is 48.3 Å². The second kappa shape index (κ2) is 11.4. The Hall–Kier alpha value is -3.29. The number of carbonyl (C=O) groups excluding carboxylic acids is 1. The number of benzene rings is 3. The number of hydrogen-bond donors (Lipinski definition) is 0. The summed E-state index contributed by atoms with van der Waals surface area (Å²) >= 11 is 3.53. The SMILES string of the molecule is CCC(c1nc2ccccc2c(=O)n1-c1ccccc1)N(CCCOC)C(=O)c1ccccc1Br. The predicted octanol–water partition coefficient (Wildman–Crippen LogP) is 5.78. The first-order valence-corrected chi connectivity index (χ1v) is 12.5. The van der Waals surface area contributed by atoms with Gasteiger partial charge in [0.15, 0.2) is 0 Å².